The summed E-state index contributed by atoms with van der Waals surface area (Å²) in [6.07, 6.45) is 4.37. The normalized spacial score (nSPS) is 28.9. The molecular formula is C23H27FO5. The Bertz CT molecular complexity index is 833. The Morgan fingerprint density at radius 2 is 1.86 bits per heavy atom. The van der Waals surface area contributed by atoms with Crippen molar-refractivity contribution >= 4 is 11.5 Å². The average molecular weight is 402 g/mol. The molecule has 2 aliphatic heterocycles. The quantitative estimate of drug-likeness (QED) is 0.780. The molecule has 0 aromatic heterocycles. The van der Waals surface area contributed by atoms with Gasteiger partial charge in [0.1, 0.15) is 11.9 Å². The lowest BCUT2D eigenvalue weighted by molar-refractivity contribution is -0.174. The summed E-state index contributed by atoms with van der Waals surface area (Å²) in [6.45, 7) is 5.38. The summed E-state index contributed by atoms with van der Waals surface area (Å²) in [6, 6.07) is 6.45. The van der Waals surface area contributed by atoms with Gasteiger partial charge in [0, 0.05) is 19.3 Å². The third-order valence-corrected chi connectivity index (χ3v) is 5.88. The number of benzene rings is 1. The molecule has 0 amide bonds. The van der Waals surface area contributed by atoms with Gasteiger partial charge in [-0.25, -0.2) is 4.39 Å². The number of ether oxygens (including phenoxy) is 3. The number of allylic oxidation sites excluding steroid dienone is 2. The van der Waals surface area contributed by atoms with Gasteiger partial charge in [-0.15, -0.1) is 0 Å². The summed E-state index contributed by atoms with van der Waals surface area (Å²) >= 11 is 0. The van der Waals surface area contributed by atoms with E-state index in [1.54, 1.807) is 12.1 Å². The van der Waals surface area contributed by atoms with E-state index in [4.69, 9.17) is 14.2 Å². The lowest BCUT2D eigenvalue weighted by Gasteiger charge is -2.43. The third kappa shape index (κ3) is 4.29. The highest BCUT2D eigenvalue weighted by Gasteiger charge is 2.47. The van der Waals surface area contributed by atoms with Gasteiger partial charge in [0.05, 0.1) is 25.7 Å². The van der Waals surface area contributed by atoms with Crippen LogP contribution in [0.3, 0.4) is 0 Å². The zero-order valence-corrected chi connectivity index (χ0v) is 16.8. The topological polar surface area (TPSA) is 65.0 Å². The molecule has 1 aromatic rings. The molecule has 1 aromatic carbocycles. The van der Waals surface area contributed by atoms with E-state index >= 15 is 0 Å². The first kappa shape index (κ1) is 20.3. The van der Waals surface area contributed by atoms with E-state index in [-0.39, 0.29) is 23.6 Å². The number of aliphatic hydroxyl groups is 1. The summed E-state index contributed by atoms with van der Waals surface area (Å²) < 4.78 is 30.9. The Morgan fingerprint density at radius 1 is 1.17 bits per heavy atom. The number of hydrogen-bond donors (Lipinski definition) is 1. The first-order chi connectivity index (χ1) is 13.8. The third-order valence-electron chi connectivity index (χ3n) is 5.88. The molecule has 1 spiro atoms. The molecule has 0 unspecified atom stereocenters. The first-order valence-corrected chi connectivity index (χ1v) is 10.1. The smallest absolute Gasteiger partial charge is 0.309 e. The van der Waals surface area contributed by atoms with Crippen molar-refractivity contribution in [2.45, 2.75) is 57.5 Å². The molecule has 3 aliphatic rings. The van der Waals surface area contributed by atoms with E-state index in [9.17, 15) is 14.3 Å². The molecule has 4 rings (SSSR count). The largest absolute Gasteiger partial charge is 0.458 e. The number of esters is 1. The molecule has 2 saturated heterocycles. The van der Waals surface area contributed by atoms with Gasteiger partial charge in [-0.1, -0.05) is 32.1 Å². The predicted molar refractivity (Wildman–Crippen MR) is 105 cm³/mol. The van der Waals surface area contributed by atoms with Crippen molar-refractivity contribution in [3.63, 3.8) is 0 Å². The second-order valence-electron chi connectivity index (χ2n) is 8.73. The minimum Gasteiger partial charge on any atom is -0.458 e. The van der Waals surface area contributed by atoms with Crippen LogP contribution in [-0.4, -0.2) is 42.3 Å². The molecule has 1 N–H and O–H groups in total. The number of halogens is 1. The van der Waals surface area contributed by atoms with E-state index < -0.39 is 18.0 Å². The zero-order chi connectivity index (χ0) is 20.6. The van der Waals surface area contributed by atoms with E-state index in [1.807, 2.05) is 12.2 Å². The standard InChI is InChI=1S/C23H27FO5/c1-22(2)14-23(27-9-10-28-23)13-19(15-3-5-16(24)6-4-15)20(22)8-7-18-11-17(25)12-21(26)29-18/h3-8,17-18,25H,9-14H2,1-2H3/b8-7+/t17-,18-/m0/s1. The Hall–Kier alpha value is -2.02. The van der Waals surface area contributed by atoms with Crippen LogP contribution in [-0.2, 0) is 19.0 Å². The highest BCUT2D eigenvalue weighted by Crippen LogP contribution is 2.51. The highest BCUT2D eigenvalue weighted by atomic mass is 19.1. The molecule has 2 fully saturated rings. The Balaban J connectivity index is 1.73. The van der Waals surface area contributed by atoms with Crippen molar-refractivity contribution in [1.82, 2.24) is 0 Å². The van der Waals surface area contributed by atoms with Gasteiger partial charge >= 0.3 is 5.97 Å². The molecule has 6 heteroatoms. The zero-order valence-electron chi connectivity index (χ0n) is 16.8. The summed E-state index contributed by atoms with van der Waals surface area (Å²) in [5.41, 5.74) is 2.74. The molecule has 0 saturated carbocycles. The SMILES string of the molecule is CC1(C)CC2(CC(c3ccc(F)cc3)=C1/C=C/[C@H]1C[C@H](O)CC(=O)O1)OCCO2. The number of aliphatic hydroxyl groups excluding tert-OH is 1. The fraction of sp³-hybridized carbons (Fsp3) is 0.522. The molecule has 1 aliphatic carbocycles. The van der Waals surface area contributed by atoms with Crippen LogP contribution < -0.4 is 0 Å². The van der Waals surface area contributed by atoms with Crippen LogP contribution in [0.15, 0.2) is 42.0 Å². The van der Waals surface area contributed by atoms with Gasteiger partial charge in [0.15, 0.2) is 5.79 Å². The van der Waals surface area contributed by atoms with E-state index in [2.05, 4.69) is 13.8 Å². The van der Waals surface area contributed by atoms with Gasteiger partial charge in [-0.3, -0.25) is 4.79 Å². The fourth-order valence-corrected chi connectivity index (χ4v) is 4.67. The van der Waals surface area contributed by atoms with Gasteiger partial charge in [-0.05, 0) is 40.3 Å². The molecule has 29 heavy (non-hydrogen) atoms. The number of carbonyl (C=O) groups is 1. The Morgan fingerprint density at radius 3 is 2.52 bits per heavy atom. The molecule has 0 radical (unpaired) electrons. The summed E-state index contributed by atoms with van der Waals surface area (Å²) in [4.78, 5) is 11.7. The van der Waals surface area contributed by atoms with E-state index in [0.717, 1.165) is 16.7 Å². The van der Waals surface area contributed by atoms with Crippen molar-refractivity contribution in [3.05, 3.63) is 53.4 Å². The van der Waals surface area contributed by atoms with Gasteiger partial charge in [0.25, 0.3) is 0 Å². The lowest BCUT2D eigenvalue weighted by Crippen LogP contribution is -2.41. The molecule has 5 nitrogen and oxygen atoms in total. The number of hydrogen-bond acceptors (Lipinski definition) is 5. The summed E-state index contributed by atoms with van der Waals surface area (Å²) in [7, 11) is 0. The molecule has 2 atom stereocenters. The number of carbonyl (C=O) groups excluding carboxylic acids is 1. The first-order valence-electron chi connectivity index (χ1n) is 10.1. The second-order valence-corrected chi connectivity index (χ2v) is 8.73. The van der Waals surface area contributed by atoms with Crippen LogP contribution in [0, 0.1) is 11.2 Å². The van der Waals surface area contributed by atoms with E-state index in [1.165, 1.54) is 12.1 Å². The van der Waals surface area contributed by atoms with Crippen LogP contribution in [0.25, 0.3) is 5.57 Å². The van der Waals surface area contributed by atoms with E-state index in [0.29, 0.717) is 32.5 Å². The van der Waals surface area contributed by atoms with Crippen molar-refractivity contribution < 1.29 is 28.5 Å². The monoisotopic (exact) mass is 402 g/mol. The van der Waals surface area contributed by atoms with Crippen molar-refractivity contribution in [1.29, 1.82) is 0 Å². The predicted octanol–water partition coefficient (Wildman–Crippen LogP) is 3.77. The van der Waals surface area contributed by atoms with Crippen LogP contribution in [0.4, 0.5) is 4.39 Å². The molecule has 0 bridgehead atoms. The van der Waals surface area contributed by atoms with Gasteiger partial charge in [-0.2, -0.15) is 0 Å². The van der Waals surface area contributed by atoms with Crippen molar-refractivity contribution in [2.75, 3.05) is 13.2 Å². The average Bonchev–Trinajstić information content (AvgIpc) is 3.07. The lowest BCUT2D eigenvalue weighted by atomic mass is 9.68. The number of cyclic esters (lactones) is 1. The maximum atomic E-state index is 13.5. The van der Waals surface area contributed by atoms with Crippen LogP contribution in [0.5, 0.6) is 0 Å². The highest BCUT2D eigenvalue weighted by molar-refractivity contribution is 5.74. The molecule has 156 valence electrons. The van der Waals surface area contributed by atoms with Crippen LogP contribution in [0.2, 0.25) is 0 Å². The second kappa shape index (κ2) is 7.67. The Kier molecular flexibility index (Phi) is 5.36. The van der Waals surface area contributed by atoms with Crippen LogP contribution >= 0.6 is 0 Å². The van der Waals surface area contributed by atoms with Crippen LogP contribution in [0.1, 0.15) is 45.1 Å². The maximum Gasteiger partial charge on any atom is 0.309 e. The molecular weight excluding hydrogens is 375 g/mol. The summed E-state index contributed by atoms with van der Waals surface area (Å²) in [5, 5.41) is 9.87. The van der Waals surface area contributed by atoms with Crippen molar-refractivity contribution in [2.24, 2.45) is 5.41 Å². The van der Waals surface area contributed by atoms with Gasteiger partial charge in [0.2, 0.25) is 0 Å². The van der Waals surface area contributed by atoms with Crippen molar-refractivity contribution in [3.8, 4) is 0 Å². The molecule has 2 heterocycles. The summed E-state index contributed by atoms with van der Waals surface area (Å²) in [5.74, 6) is -1.34. The number of rotatable bonds is 3. The minimum atomic E-state index is -0.681. The van der Waals surface area contributed by atoms with Gasteiger partial charge < -0.3 is 19.3 Å². The fourth-order valence-electron chi connectivity index (χ4n) is 4.67. The maximum absolute atomic E-state index is 13.5. The Labute approximate surface area is 170 Å². The minimum absolute atomic E-state index is 0.0383.